The second-order valence-corrected chi connectivity index (χ2v) is 7.01. The maximum atomic E-state index is 14.9. The van der Waals surface area contributed by atoms with Crippen molar-refractivity contribution >= 4 is 0 Å². The fraction of sp³-hybridized carbons (Fsp3) is 0.455. The van der Waals surface area contributed by atoms with Crippen molar-refractivity contribution in [2.45, 2.75) is 64.7 Å². The highest BCUT2D eigenvalue weighted by atomic mass is 19.1. The number of benzene rings is 2. The zero-order chi connectivity index (χ0) is 17.8. The van der Waals surface area contributed by atoms with E-state index in [9.17, 15) is 13.9 Å². The van der Waals surface area contributed by atoms with Gasteiger partial charge in [-0.2, -0.15) is 0 Å². The predicted molar refractivity (Wildman–Crippen MR) is 97.9 cm³/mol. The number of halogens is 2. The Morgan fingerprint density at radius 1 is 0.800 bits per heavy atom. The number of unbranched alkanes of at least 4 members (excludes halogenated alkanes) is 5. The number of aromatic hydroxyl groups is 1. The fourth-order valence-corrected chi connectivity index (χ4v) is 3.81. The van der Waals surface area contributed by atoms with Crippen molar-refractivity contribution < 1.29 is 13.9 Å². The lowest BCUT2D eigenvalue weighted by Gasteiger charge is -2.22. The van der Waals surface area contributed by atoms with Crippen LogP contribution in [0.3, 0.4) is 0 Å². The van der Waals surface area contributed by atoms with E-state index in [1.807, 2.05) is 12.1 Å². The molecule has 0 unspecified atom stereocenters. The molecule has 3 heteroatoms. The third-order valence-electron chi connectivity index (χ3n) is 5.26. The molecule has 1 N–H and O–H groups in total. The summed E-state index contributed by atoms with van der Waals surface area (Å²) in [4.78, 5) is 0. The van der Waals surface area contributed by atoms with Crippen LogP contribution in [0.1, 0.15) is 62.1 Å². The summed E-state index contributed by atoms with van der Waals surface area (Å²) in [6.45, 7) is 2.20. The predicted octanol–water partition coefficient (Wildman–Crippen LogP) is 6.34. The van der Waals surface area contributed by atoms with Gasteiger partial charge in [0, 0.05) is 0 Å². The summed E-state index contributed by atoms with van der Waals surface area (Å²) in [5.41, 5.74) is 3.44. The van der Waals surface area contributed by atoms with E-state index < -0.39 is 5.82 Å². The second-order valence-electron chi connectivity index (χ2n) is 7.01. The van der Waals surface area contributed by atoms with Gasteiger partial charge in [-0.1, -0.05) is 57.2 Å². The Hall–Kier alpha value is -1.90. The molecule has 0 bridgehead atoms. The Labute approximate surface area is 148 Å². The SMILES string of the molecule is CCCCCCCCc1ccc2c(c1F)CCc1c-2ccc(O)c1F. The standard InChI is InChI=1S/C22H26F2O/c1-2-3-4-5-6-7-8-15-9-10-16-17-13-14-20(25)22(24)19(17)12-11-18(16)21(15)23/h9-10,13-14,25H,2-8,11-12H2,1H3. The summed E-state index contributed by atoms with van der Waals surface area (Å²) in [6.07, 6.45) is 8.83. The van der Waals surface area contributed by atoms with Gasteiger partial charge in [-0.15, -0.1) is 0 Å². The molecule has 0 radical (unpaired) electrons. The Bertz CT molecular complexity index is 752. The van der Waals surface area contributed by atoms with Crippen molar-refractivity contribution in [2.24, 2.45) is 0 Å². The molecule has 0 saturated carbocycles. The number of hydrogen-bond donors (Lipinski definition) is 1. The van der Waals surface area contributed by atoms with E-state index in [0.717, 1.165) is 30.4 Å². The van der Waals surface area contributed by atoms with Gasteiger partial charge in [0.2, 0.25) is 0 Å². The zero-order valence-corrected chi connectivity index (χ0v) is 14.9. The highest BCUT2D eigenvalue weighted by molar-refractivity contribution is 5.74. The average molecular weight is 344 g/mol. The lowest BCUT2D eigenvalue weighted by Crippen LogP contribution is -2.10. The van der Waals surface area contributed by atoms with E-state index >= 15 is 0 Å². The van der Waals surface area contributed by atoms with Gasteiger partial charge in [-0.3, -0.25) is 0 Å². The van der Waals surface area contributed by atoms with Crippen LogP contribution in [0.2, 0.25) is 0 Å². The van der Waals surface area contributed by atoms with Gasteiger partial charge in [0.15, 0.2) is 11.6 Å². The van der Waals surface area contributed by atoms with Gasteiger partial charge in [-0.05, 0) is 59.6 Å². The Morgan fingerprint density at radius 3 is 2.12 bits per heavy atom. The second kappa shape index (κ2) is 7.99. The Kier molecular flexibility index (Phi) is 5.72. The third-order valence-corrected chi connectivity index (χ3v) is 5.26. The molecule has 2 aromatic rings. The molecule has 25 heavy (non-hydrogen) atoms. The molecule has 134 valence electrons. The summed E-state index contributed by atoms with van der Waals surface area (Å²) >= 11 is 0. The van der Waals surface area contributed by atoms with Gasteiger partial charge in [0.05, 0.1) is 0 Å². The van der Waals surface area contributed by atoms with Crippen molar-refractivity contribution in [1.82, 2.24) is 0 Å². The molecular formula is C22H26F2O. The third kappa shape index (κ3) is 3.70. The molecule has 1 aliphatic carbocycles. The van der Waals surface area contributed by atoms with Crippen LogP contribution in [0, 0.1) is 11.6 Å². The summed E-state index contributed by atoms with van der Waals surface area (Å²) in [5, 5.41) is 9.55. The molecule has 0 atom stereocenters. The molecule has 1 nitrogen and oxygen atoms in total. The van der Waals surface area contributed by atoms with Crippen molar-refractivity contribution in [2.75, 3.05) is 0 Å². The monoisotopic (exact) mass is 344 g/mol. The topological polar surface area (TPSA) is 20.2 Å². The van der Waals surface area contributed by atoms with E-state index in [1.54, 1.807) is 6.07 Å². The molecular weight excluding hydrogens is 318 g/mol. The molecule has 0 aliphatic heterocycles. The maximum Gasteiger partial charge on any atom is 0.168 e. The number of phenols is 1. The summed E-state index contributed by atoms with van der Waals surface area (Å²) in [6, 6.07) is 6.81. The van der Waals surface area contributed by atoms with E-state index in [4.69, 9.17) is 0 Å². The molecule has 0 spiro atoms. The van der Waals surface area contributed by atoms with Gasteiger partial charge in [0.25, 0.3) is 0 Å². The number of fused-ring (bicyclic) bond motifs is 3. The lowest BCUT2D eigenvalue weighted by atomic mass is 9.83. The largest absolute Gasteiger partial charge is 0.505 e. The first-order valence-electron chi connectivity index (χ1n) is 9.44. The Balaban J connectivity index is 1.76. The van der Waals surface area contributed by atoms with Crippen LogP contribution in [0.15, 0.2) is 24.3 Å². The molecule has 2 aromatic carbocycles. The molecule has 1 aliphatic rings. The molecule has 3 rings (SSSR count). The van der Waals surface area contributed by atoms with Crippen molar-refractivity contribution in [3.8, 4) is 16.9 Å². The van der Waals surface area contributed by atoms with Crippen LogP contribution < -0.4 is 0 Å². The number of rotatable bonds is 7. The number of aryl methyl sites for hydroxylation is 1. The van der Waals surface area contributed by atoms with Crippen LogP contribution >= 0.6 is 0 Å². The highest BCUT2D eigenvalue weighted by Gasteiger charge is 2.24. The quantitative estimate of drug-likeness (QED) is 0.581. The van der Waals surface area contributed by atoms with Crippen molar-refractivity contribution in [1.29, 1.82) is 0 Å². The van der Waals surface area contributed by atoms with E-state index in [-0.39, 0.29) is 11.6 Å². The summed E-state index contributed by atoms with van der Waals surface area (Å²) in [7, 11) is 0. The van der Waals surface area contributed by atoms with Crippen LogP contribution in [0.25, 0.3) is 11.1 Å². The number of hydrogen-bond acceptors (Lipinski definition) is 1. The molecule has 0 fully saturated rings. The first kappa shape index (κ1) is 17.9. The smallest absolute Gasteiger partial charge is 0.168 e. The van der Waals surface area contributed by atoms with Crippen LogP contribution in [0.5, 0.6) is 5.75 Å². The first-order chi connectivity index (χ1) is 12.1. The van der Waals surface area contributed by atoms with E-state index in [0.29, 0.717) is 29.5 Å². The van der Waals surface area contributed by atoms with E-state index in [2.05, 4.69) is 6.92 Å². The molecule has 0 aromatic heterocycles. The first-order valence-corrected chi connectivity index (χ1v) is 9.44. The van der Waals surface area contributed by atoms with Crippen molar-refractivity contribution in [3.05, 3.63) is 52.6 Å². The molecule has 0 heterocycles. The van der Waals surface area contributed by atoms with Gasteiger partial charge < -0.3 is 5.11 Å². The fourth-order valence-electron chi connectivity index (χ4n) is 3.81. The normalized spacial score (nSPS) is 12.8. The van der Waals surface area contributed by atoms with Crippen LogP contribution in [-0.4, -0.2) is 5.11 Å². The van der Waals surface area contributed by atoms with Crippen molar-refractivity contribution in [3.63, 3.8) is 0 Å². The minimum atomic E-state index is -0.570. The van der Waals surface area contributed by atoms with E-state index in [1.165, 1.54) is 31.7 Å². The van der Waals surface area contributed by atoms with Gasteiger partial charge in [-0.25, -0.2) is 8.78 Å². The summed E-state index contributed by atoms with van der Waals surface area (Å²) in [5.74, 6) is -1.02. The van der Waals surface area contributed by atoms with Gasteiger partial charge >= 0.3 is 0 Å². The summed E-state index contributed by atoms with van der Waals surface area (Å²) < 4.78 is 29.0. The Morgan fingerprint density at radius 2 is 1.40 bits per heavy atom. The van der Waals surface area contributed by atoms with Gasteiger partial charge in [0.1, 0.15) is 5.82 Å². The van der Waals surface area contributed by atoms with Crippen LogP contribution in [-0.2, 0) is 19.3 Å². The van der Waals surface area contributed by atoms with Crippen LogP contribution in [0.4, 0.5) is 8.78 Å². The minimum absolute atomic E-state index is 0.120. The minimum Gasteiger partial charge on any atom is -0.505 e. The zero-order valence-electron chi connectivity index (χ0n) is 14.9. The molecule has 0 amide bonds. The lowest BCUT2D eigenvalue weighted by molar-refractivity contribution is 0.428. The maximum absolute atomic E-state index is 14.9. The number of phenolic OH excluding ortho intramolecular Hbond substituents is 1. The molecule has 0 saturated heterocycles. The average Bonchev–Trinajstić information content (AvgIpc) is 2.62. The highest BCUT2D eigenvalue weighted by Crippen LogP contribution is 2.39.